The number of nitrogens with zero attached hydrogens (tertiary/aromatic N) is 4. The highest BCUT2D eigenvalue weighted by Crippen LogP contribution is 2.35. The first kappa shape index (κ1) is 17.0. The molecule has 0 radical (unpaired) electrons. The van der Waals surface area contributed by atoms with E-state index >= 15 is 0 Å². The van der Waals surface area contributed by atoms with Gasteiger partial charge in [-0.15, -0.1) is 0 Å². The number of rotatable bonds is 3. The Hall–Kier alpha value is -2.46. The van der Waals surface area contributed by atoms with Gasteiger partial charge in [0.1, 0.15) is 11.9 Å². The third-order valence-corrected chi connectivity index (χ3v) is 4.84. The molecule has 0 amide bonds. The molecule has 0 saturated heterocycles. The van der Waals surface area contributed by atoms with Crippen LogP contribution in [0.1, 0.15) is 49.1 Å². The Balaban J connectivity index is 2.02. The molecule has 26 heavy (non-hydrogen) atoms. The van der Waals surface area contributed by atoms with Gasteiger partial charge in [-0.05, 0) is 49.6 Å². The summed E-state index contributed by atoms with van der Waals surface area (Å²) in [5.74, 6) is 1.48. The molecule has 0 fully saturated rings. The minimum Gasteiger partial charge on any atom is -0.299 e. The van der Waals surface area contributed by atoms with Gasteiger partial charge in [-0.1, -0.05) is 31.5 Å². The van der Waals surface area contributed by atoms with Crippen LogP contribution >= 0.6 is 11.6 Å². The lowest BCUT2D eigenvalue weighted by atomic mass is 10.0. The highest BCUT2D eigenvalue weighted by atomic mass is 35.5. The molecule has 0 aliphatic carbocycles. The molecule has 4 rings (SSSR count). The van der Waals surface area contributed by atoms with E-state index in [-0.39, 0.29) is 6.04 Å². The molecule has 0 spiro atoms. The average molecular weight is 365 g/mol. The molecular formula is C21H21ClN4. The van der Waals surface area contributed by atoms with Crippen LogP contribution < -0.4 is 0 Å². The summed E-state index contributed by atoms with van der Waals surface area (Å²) in [6.45, 7) is 6.50. The molecule has 132 valence electrons. The van der Waals surface area contributed by atoms with Crippen molar-refractivity contribution >= 4 is 17.3 Å². The van der Waals surface area contributed by atoms with Gasteiger partial charge in [-0.3, -0.25) is 14.5 Å². The van der Waals surface area contributed by atoms with Crippen molar-refractivity contribution in [2.75, 3.05) is 0 Å². The quantitative estimate of drug-likeness (QED) is 0.643. The van der Waals surface area contributed by atoms with E-state index in [1.165, 1.54) is 0 Å². The second kappa shape index (κ2) is 6.69. The third-order valence-electron chi connectivity index (χ3n) is 4.61. The molecule has 1 aliphatic rings. The number of hydrogen-bond acceptors (Lipinski definition) is 3. The van der Waals surface area contributed by atoms with E-state index in [0.29, 0.717) is 10.9 Å². The van der Waals surface area contributed by atoms with E-state index in [0.717, 1.165) is 40.6 Å². The second-order valence-corrected chi connectivity index (χ2v) is 7.53. The highest BCUT2D eigenvalue weighted by molar-refractivity contribution is 6.31. The Bertz CT molecular complexity index is 973. The predicted molar refractivity (Wildman–Crippen MR) is 105 cm³/mol. The van der Waals surface area contributed by atoms with E-state index in [1.54, 1.807) is 6.20 Å². The molecule has 4 nitrogen and oxygen atoms in total. The molecule has 0 N–H and O–H groups in total. The fourth-order valence-corrected chi connectivity index (χ4v) is 3.66. The van der Waals surface area contributed by atoms with Crippen molar-refractivity contribution in [3.63, 3.8) is 0 Å². The van der Waals surface area contributed by atoms with Gasteiger partial charge in [0.15, 0.2) is 0 Å². The maximum Gasteiger partial charge on any atom is 0.138 e. The third kappa shape index (κ3) is 2.95. The van der Waals surface area contributed by atoms with Crippen LogP contribution in [0.5, 0.6) is 0 Å². The Labute approximate surface area is 158 Å². The van der Waals surface area contributed by atoms with Crippen LogP contribution in [0, 0.1) is 12.8 Å². The number of aromatic nitrogens is 3. The van der Waals surface area contributed by atoms with Gasteiger partial charge < -0.3 is 0 Å². The SMILES string of the molecule is Cc1cnc2n1-c1ccc(Cl)cc1C(c1ccccn1)=N[C@H]2CC(C)C. The van der Waals surface area contributed by atoms with Gasteiger partial charge in [0.05, 0.1) is 17.1 Å². The minimum atomic E-state index is -0.0214. The molecule has 0 unspecified atom stereocenters. The predicted octanol–water partition coefficient (Wildman–Crippen LogP) is 5.17. The smallest absolute Gasteiger partial charge is 0.138 e. The lowest BCUT2D eigenvalue weighted by Crippen LogP contribution is -2.09. The summed E-state index contributed by atoms with van der Waals surface area (Å²) in [4.78, 5) is 14.4. The number of imidazole rings is 1. The molecule has 1 atom stereocenters. The van der Waals surface area contributed by atoms with Crippen LogP contribution in [0.4, 0.5) is 0 Å². The minimum absolute atomic E-state index is 0.0214. The summed E-state index contributed by atoms with van der Waals surface area (Å²) in [6.07, 6.45) is 4.64. The Morgan fingerprint density at radius 2 is 2.00 bits per heavy atom. The molecular weight excluding hydrogens is 344 g/mol. The Kier molecular flexibility index (Phi) is 4.37. The number of fused-ring (bicyclic) bond motifs is 3. The van der Waals surface area contributed by atoms with Gasteiger partial charge in [-0.25, -0.2) is 4.98 Å². The Morgan fingerprint density at radius 1 is 1.15 bits per heavy atom. The first-order valence-electron chi connectivity index (χ1n) is 8.88. The molecule has 2 aromatic heterocycles. The lowest BCUT2D eigenvalue weighted by molar-refractivity contribution is 0.492. The zero-order valence-corrected chi connectivity index (χ0v) is 15.9. The van der Waals surface area contributed by atoms with E-state index in [4.69, 9.17) is 21.6 Å². The molecule has 0 bridgehead atoms. The molecule has 3 heterocycles. The molecule has 5 heteroatoms. The van der Waals surface area contributed by atoms with Gasteiger partial charge in [0.25, 0.3) is 0 Å². The first-order valence-corrected chi connectivity index (χ1v) is 9.26. The van der Waals surface area contributed by atoms with Gasteiger partial charge in [-0.2, -0.15) is 0 Å². The fraction of sp³-hybridized carbons (Fsp3) is 0.286. The van der Waals surface area contributed by atoms with Crippen LogP contribution in [-0.4, -0.2) is 20.2 Å². The van der Waals surface area contributed by atoms with Gasteiger partial charge in [0.2, 0.25) is 0 Å². The van der Waals surface area contributed by atoms with Crippen molar-refractivity contribution in [2.24, 2.45) is 10.9 Å². The summed E-state index contributed by atoms with van der Waals surface area (Å²) in [7, 11) is 0. The largest absolute Gasteiger partial charge is 0.299 e. The fourth-order valence-electron chi connectivity index (χ4n) is 3.49. The Morgan fingerprint density at radius 3 is 2.73 bits per heavy atom. The molecule has 0 saturated carbocycles. The van der Waals surface area contributed by atoms with E-state index in [2.05, 4.69) is 30.3 Å². The van der Waals surface area contributed by atoms with Crippen molar-refractivity contribution in [1.29, 1.82) is 0 Å². The van der Waals surface area contributed by atoms with Gasteiger partial charge >= 0.3 is 0 Å². The number of benzene rings is 1. The summed E-state index contributed by atoms with van der Waals surface area (Å²) in [6, 6.07) is 11.8. The summed E-state index contributed by atoms with van der Waals surface area (Å²) < 4.78 is 2.21. The van der Waals surface area contributed by atoms with Crippen LogP contribution in [0.15, 0.2) is 53.8 Å². The second-order valence-electron chi connectivity index (χ2n) is 7.09. The van der Waals surface area contributed by atoms with E-state index in [1.807, 2.05) is 42.6 Å². The van der Waals surface area contributed by atoms with E-state index in [9.17, 15) is 0 Å². The number of halogens is 1. The first-order chi connectivity index (χ1) is 12.5. The van der Waals surface area contributed by atoms with Crippen molar-refractivity contribution in [1.82, 2.24) is 14.5 Å². The maximum absolute atomic E-state index is 6.34. The van der Waals surface area contributed by atoms with Gasteiger partial charge in [0, 0.05) is 28.7 Å². The van der Waals surface area contributed by atoms with Crippen LogP contribution in [0.25, 0.3) is 5.69 Å². The zero-order valence-electron chi connectivity index (χ0n) is 15.1. The van der Waals surface area contributed by atoms with Crippen molar-refractivity contribution in [3.05, 3.63) is 76.6 Å². The molecule has 1 aromatic carbocycles. The summed E-state index contributed by atoms with van der Waals surface area (Å²) in [5.41, 5.74) is 4.86. The topological polar surface area (TPSA) is 43.1 Å². The highest BCUT2D eigenvalue weighted by Gasteiger charge is 2.28. The number of pyridine rings is 1. The number of hydrogen-bond donors (Lipinski definition) is 0. The molecule has 1 aliphatic heterocycles. The van der Waals surface area contributed by atoms with Crippen molar-refractivity contribution < 1.29 is 0 Å². The summed E-state index contributed by atoms with van der Waals surface area (Å²) >= 11 is 6.34. The number of aliphatic imine (C=N–C) groups is 1. The van der Waals surface area contributed by atoms with E-state index < -0.39 is 0 Å². The maximum atomic E-state index is 6.34. The molecule has 3 aromatic rings. The van der Waals surface area contributed by atoms with Crippen LogP contribution in [0.2, 0.25) is 5.02 Å². The summed E-state index contributed by atoms with van der Waals surface area (Å²) in [5, 5.41) is 0.689. The van der Waals surface area contributed by atoms with Crippen molar-refractivity contribution in [2.45, 2.75) is 33.2 Å². The zero-order chi connectivity index (χ0) is 18.3. The average Bonchev–Trinajstić information content (AvgIpc) is 2.94. The van der Waals surface area contributed by atoms with Crippen LogP contribution in [0.3, 0.4) is 0 Å². The number of aryl methyl sites for hydroxylation is 1. The lowest BCUT2D eigenvalue weighted by Gasteiger charge is -2.15. The van der Waals surface area contributed by atoms with Crippen LogP contribution in [-0.2, 0) is 0 Å². The monoisotopic (exact) mass is 364 g/mol. The standard InChI is InChI=1S/C21H21ClN4/c1-13(2)10-18-21-24-12-14(3)26(21)19-8-7-15(22)11-16(19)20(25-18)17-6-4-5-9-23-17/h4-9,11-13,18H,10H2,1-3H3/t18-/m0/s1. The van der Waals surface area contributed by atoms with Crippen molar-refractivity contribution in [3.8, 4) is 5.69 Å². The normalized spacial score (nSPS) is 16.0.